The minimum atomic E-state index is -0.436. The summed E-state index contributed by atoms with van der Waals surface area (Å²) in [5, 5.41) is 4.61. The van der Waals surface area contributed by atoms with Crippen LogP contribution in [0.3, 0.4) is 0 Å². The molecule has 100 valence electrons. The molecule has 7 heteroatoms. The number of benzene rings is 1. The van der Waals surface area contributed by atoms with Gasteiger partial charge in [-0.2, -0.15) is 5.10 Å². The molecule has 0 spiro atoms. The van der Waals surface area contributed by atoms with Crippen molar-refractivity contribution in [3.63, 3.8) is 0 Å². The predicted molar refractivity (Wildman–Crippen MR) is 75.5 cm³/mol. The molecule has 0 unspecified atom stereocenters. The van der Waals surface area contributed by atoms with Crippen LogP contribution in [0.4, 0.5) is 0 Å². The summed E-state index contributed by atoms with van der Waals surface area (Å²) >= 11 is 17.2. The molecule has 0 aliphatic heterocycles. The van der Waals surface area contributed by atoms with E-state index < -0.39 is 5.56 Å². The maximum absolute atomic E-state index is 11.7. The quantitative estimate of drug-likeness (QED) is 0.868. The van der Waals surface area contributed by atoms with Gasteiger partial charge in [-0.15, -0.1) is 0 Å². The SMILES string of the molecule is O=c1c(Cl)c(Cl)cnn1CCOc1ccc(Cl)cc1. The first kappa shape index (κ1) is 14.2. The Balaban J connectivity index is 1.98. The number of ether oxygens (including phenoxy) is 1. The monoisotopic (exact) mass is 318 g/mol. The fourth-order valence-electron chi connectivity index (χ4n) is 1.39. The van der Waals surface area contributed by atoms with Crippen LogP contribution < -0.4 is 10.3 Å². The zero-order valence-corrected chi connectivity index (χ0v) is 11.9. The molecular weight excluding hydrogens is 311 g/mol. The van der Waals surface area contributed by atoms with Gasteiger partial charge in [0.05, 0.1) is 17.8 Å². The van der Waals surface area contributed by atoms with Crippen LogP contribution in [0.5, 0.6) is 5.75 Å². The van der Waals surface area contributed by atoms with E-state index in [4.69, 9.17) is 39.5 Å². The summed E-state index contributed by atoms with van der Waals surface area (Å²) in [6, 6.07) is 6.93. The van der Waals surface area contributed by atoms with E-state index in [1.807, 2.05) is 0 Å². The van der Waals surface area contributed by atoms with Crippen LogP contribution in [0, 0.1) is 0 Å². The van der Waals surface area contributed by atoms with E-state index in [-0.39, 0.29) is 23.2 Å². The van der Waals surface area contributed by atoms with Crippen LogP contribution in [0.25, 0.3) is 0 Å². The van der Waals surface area contributed by atoms with Crippen molar-refractivity contribution in [2.45, 2.75) is 6.54 Å². The van der Waals surface area contributed by atoms with Crippen LogP contribution in [-0.2, 0) is 6.54 Å². The van der Waals surface area contributed by atoms with Crippen molar-refractivity contribution < 1.29 is 4.74 Å². The van der Waals surface area contributed by atoms with Crippen molar-refractivity contribution in [2.24, 2.45) is 0 Å². The van der Waals surface area contributed by atoms with Crippen LogP contribution >= 0.6 is 34.8 Å². The lowest BCUT2D eigenvalue weighted by atomic mass is 10.3. The maximum Gasteiger partial charge on any atom is 0.287 e. The Bertz CT molecular complexity index is 626. The summed E-state index contributed by atoms with van der Waals surface area (Å²) < 4.78 is 6.65. The summed E-state index contributed by atoms with van der Waals surface area (Å²) in [5.74, 6) is 0.664. The highest BCUT2D eigenvalue weighted by Crippen LogP contribution is 2.16. The number of hydrogen-bond donors (Lipinski definition) is 0. The molecule has 0 aliphatic rings. The molecule has 0 bridgehead atoms. The van der Waals surface area contributed by atoms with Gasteiger partial charge in [-0.1, -0.05) is 34.8 Å². The first-order chi connectivity index (χ1) is 9.08. The Labute approximate surface area is 124 Å². The first-order valence-corrected chi connectivity index (χ1v) is 6.51. The molecule has 1 aromatic heterocycles. The molecule has 0 N–H and O–H groups in total. The van der Waals surface area contributed by atoms with Gasteiger partial charge in [-0.05, 0) is 24.3 Å². The fraction of sp³-hybridized carbons (Fsp3) is 0.167. The largest absolute Gasteiger partial charge is 0.492 e. The summed E-state index contributed by atoms with van der Waals surface area (Å²) in [4.78, 5) is 11.7. The molecular formula is C12H9Cl3N2O2. The van der Waals surface area contributed by atoms with E-state index in [1.54, 1.807) is 24.3 Å². The van der Waals surface area contributed by atoms with E-state index in [1.165, 1.54) is 10.9 Å². The zero-order chi connectivity index (χ0) is 13.8. The molecule has 2 rings (SSSR count). The second kappa shape index (κ2) is 6.28. The third-order valence-corrected chi connectivity index (χ3v) is 3.33. The van der Waals surface area contributed by atoms with Gasteiger partial charge in [0.15, 0.2) is 0 Å². The van der Waals surface area contributed by atoms with E-state index in [2.05, 4.69) is 5.10 Å². The van der Waals surface area contributed by atoms with Gasteiger partial charge in [-0.25, -0.2) is 4.68 Å². The third kappa shape index (κ3) is 3.62. The average molecular weight is 320 g/mol. The van der Waals surface area contributed by atoms with E-state index in [9.17, 15) is 4.79 Å². The number of rotatable bonds is 4. The van der Waals surface area contributed by atoms with Gasteiger partial charge in [0.25, 0.3) is 5.56 Å². The van der Waals surface area contributed by atoms with E-state index >= 15 is 0 Å². The number of hydrogen-bond acceptors (Lipinski definition) is 3. The highest BCUT2D eigenvalue weighted by Gasteiger charge is 2.07. The normalized spacial score (nSPS) is 10.5. The summed E-state index contributed by atoms with van der Waals surface area (Å²) in [6.45, 7) is 0.560. The molecule has 2 aromatic rings. The molecule has 19 heavy (non-hydrogen) atoms. The van der Waals surface area contributed by atoms with Crippen LogP contribution in [0.1, 0.15) is 0 Å². The minimum absolute atomic E-state index is 0.0387. The highest BCUT2D eigenvalue weighted by molar-refractivity contribution is 6.41. The number of aromatic nitrogens is 2. The molecule has 0 aliphatic carbocycles. The average Bonchev–Trinajstić information content (AvgIpc) is 2.41. The van der Waals surface area contributed by atoms with Gasteiger partial charge in [0.1, 0.15) is 17.4 Å². The van der Waals surface area contributed by atoms with E-state index in [0.717, 1.165) is 0 Å². The second-order valence-electron chi connectivity index (χ2n) is 3.64. The Morgan fingerprint density at radius 2 is 1.84 bits per heavy atom. The number of nitrogens with zero attached hydrogens (tertiary/aromatic N) is 2. The lowest BCUT2D eigenvalue weighted by molar-refractivity contribution is 0.288. The topological polar surface area (TPSA) is 44.1 Å². The Morgan fingerprint density at radius 1 is 1.16 bits per heavy atom. The van der Waals surface area contributed by atoms with Crippen LogP contribution in [-0.4, -0.2) is 16.4 Å². The smallest absolute Gasteiger partial charge is 0.287 e. The lowest BCUT2D eigenvalue weighted by Gasteiger charge is -2.08. The molecule has 0 saturated carbocycles. The van der Waals surface area contributed by atoms with Crippen molar-refractivity contribution in [1.29, 1.82) is 0 Å². The predicted octanol–water partition coefficient (Wildman–Crippen LogP) is 3.28. The minimum Gasteiger partial charge on any atom is -0.492 e. The van der Waals surface area contributed by atoms with Crippen molar-refractivity contribution in [1.82, 2.24) is 9.78 Å². The van der Waals surface area contributed by atoms with Crippen molar-refractivity contribution >= 4 is 34.8 Å². The van der Waals surface area contributed by atoms with Gasteiger partial charge >= 0.3 is 0 Å². The molecule has 1 heterocycles. The molecule has 0 saturated heterocycles. The molecule has 0 fully saturated rings. The lowest BCUT2D eigenvalue weighted by Crippen LogP contribution is -2.25. The molecule has 0 atom stereocenters. The van der Waals surface area contributed by atoms with Gasteiger partial charge in [0.2, 0.25) is 0 Å². The zero-order valence-electron chi connectivity index (χ0n) is 9.65. The van der Waals surface area contributed by atoms with Crippen LogP contribution in [0.15, 0.2) is 35.3 Å². The van der Waals surface area contributed by atoms with Crippen molar-refractivity contribution in [3.05, 3.63) is 55.9 Å². The highest BCUT2D eigenvalue weighted by atomic mass is 35.5. The van der Waals surface area contributed by atoms with Crippen molar-refractivity contribution in [2.75, 3.05) is 6.61 Å². The Kier molecular flexibility index (Phi) is 4.69. The van der Waals surface area contributed by atoms with Gasteiger partial charge in [-0.3, -0.25) is 4.79 Å². The number of halogens is 3. The molecule has 0 radical (unpaired) electrons. The first-order valence-electron chi connectivity index (χ1n) is 5.37. The summed E-state index contributed by atoms with van der Waals surface area (Å²) in [6.07, 6.45) is 1.33. The third-order valence-electron chi connectivity index (χ3n) is 2.33. The summed E-state index contributed by atoms with van der Waals surface area (Å²) in [7, 11) is 0. The Morgan fingerprint density at radius 3 is 2.53 bits per heavy atom. The van der Waals surface area contributed by atoms with Gasteiger partial charge < -0.3 is 4.74 Å². The summed E-state index contributed by atoms with van der Waals surface area (Å²) in [5.41, 5.74) is -0.436. The van der Waals surface area contributed by atoms with Gasteiger partial charge in [0, 0.05) is 5.02 Å². The van der Waals surface area contributed by atoms with Crippen molar-refractivity contribution in [3.8, 4) is 5.75 Å². The molecule has 1 aromatic carbocycles. The standard InChI is InChI=1S/C12H9Cl3N2O2/c13-8-1-3-9(4-2-8)19-6-5-17-12(18)11(15)10(14)7-16-17/h1-4,7H,5-6H2. The second-order valence-corrected chi connectivity index (χ2v) is 4.86. The Hall–Kier alpha value is -1.23. The van der Waals surface area contributed by atoms with E-state index in [0.29, 0.717) is 10.8 Å². The fourth-order valence-corrected chi connectivity index (χ4v) is 1.78. The molecule has 0 amide bonds. The van der Waals surface area contributed by atoms with Crippen LogP contribution in [0.2, 0.25) is 15.1 Å². The maximum atomic E-state index is 11.7. The molecule has 4 nitrogen and oxygen atoms in total.